The van der Waals surface area contributed by atoms with Gasteiger partial charge in [0.1, 0.15) is 0 Å². The molecule has 0 radical (unpaired) electrons. The van der Waals surface area contributed by atoms with Crippen molar-refractivity contribution in [3.63, 3.8) is 0 Å². The van der Waals surface area contributed by atoms with E-state index in [1.807, 2.05) is 0 Å². The van der Waals surface area contributed by atoms with E-state index >= 15 is 0 Å². The Balaban J connectivity index is 2.05. The van der Waals surface area contributed by atoms with E-state index in [0.29, 0.717) is 10.8 Å². The Bertz CT molecular complexity index is 202. The Hall–Kier alpha value is -0.0400. The lowest BCUT2D eigenvalue weighted by molar-refractivity contribution is 0.0499. The summed E-state index contributed by atoms with van der Waals surface area (Å²) in [6.45, 7) is 11.4. The van der Waals surface area contributed by atoms with Crippen LogP contribution < -0.4 is 0 Å². The molecule has 1 heterocycles. The molecule has 1 saturated heterocycles. The Labute approximate surface area is 95.2 Å². The van der Waals surface area contributed by atoms with Crippen molar-refractivity contribution in [2.24, 2.45) is 10.8 Å². The summed E-state index contributed by atoms with van der Waals surface area (Å²) >= 11 is 0. The molecular formula is C14H27N. The highest BCUT2D eigenvalue weighted by Crippen LogP contribution is 2.51. The number of hydrogen-bond acceptors (Lipinski definition) is 1. The second-order valence-corrected chi connectivity index (χ2v) is 6.72. The zero-order valence-electron chi connectivity index (χ0n) is 10.8. The third kappa shape index (κ3) is 2.22. The molecule has 1 saturated carbocycles. The van der Waals surface area contributed by atoms with Gasteiger partial charge in [0.15, 0.2) is 0 Å². The molecule has 0 aromatic carbocycles. The van der Waals surface area contributed by atoms with E-state index in [1.54, 1.807) is 0 Å². The van der Waals surface area contributed by atoms with Crippen molar-refractivity contribution in [3.05, 3.63) is 0 Å². The molecule has 1 nitrogen and oxygen atoms in total. The summed E-state index contributed by atoms with van der Waals surface area (Å²) in [5.74, 6) is 0. The first-order valence-electron chi connectivity index (χ1n) is 6.76. The van der Waals surface area contributed by atoms with Crippen molar-refractivity contribution < 1.29 is 0 Å². The average Bonchev–Trinajstić information content (AvgIpc) is 2.74. The van der Waals surface area contributed by atoms with Crippen LogP contribution >= 0.6 is 0 Å². The lowest BCUT2D eigenvalue weighted by Crippen LogP contribution is -2.43. The molecule has 0 bridgehead atoms. The van der Waals surface area contributed by atoms with E-state index in [-0.39, 0.29) is 0 Å². The normalized spacial score (nSPS) is 27.4. The fourth-order valence-electron chi connectivity index (χ4n) is 3.57. The van der Waals surface area contributed by atoms with Crippen LogP contribution in [0.15, 0.2) is 0 Å². The minimum absolute atomic E-state index is 0.492. The molecule has 1 heteroatoms. The lowest BCUT2D eigenvalue weighted by atomic mass is 9.65. The van der Waals surface area contributed by atoms with Crippen molar-refractivity contribution >= 4 is 0 Å². The highest BCUT2D eigenvalue weighted by atomic mass is 15.1. The molecule has 0 spiro atoms. The predicted molar refractivity (Wildman–Crippen MR) is 66.0 cm³/mol. The van der Waals surface area contributed by atoms with Gasteiger partial charge >= 0.3 is 0 Å². The summed E-state index contributed by atoms with van der Waals surface area (Å²) in [7, 11) is 0. The van der Waals surface area contributed by atoms with Gasteiger partial charge in [0.2, 0.25) is 0 Å². The topological polar surface area (TPSA) is 3.24 Å². The first-order chi connectivity index (χ1) is 7.04. The first kappa shape index (κ1) is 11.4. The van der Waals surface area contributed by atoms with Crippen LogP contribution in [0.4, 0.5) is 0 Å². The van der Waals surface area contributed by atoms with Gasteiger partial charge in [-0.3, -0.25) is 0 Å². The molecule has 88 valence electrons. The minimum Gasteiger partial charge on any atom is -0.303 e. The van der Waals surface area contributed by atoms with Gasteiger partial charge in [-0.1, -0.05) is 33.6 Å². The molecule has 0 aromatic heterocycles. The van der Waals surface area contributed by atoms with Gasteiger partial charge in [0.25, 0.3) is 0 Å². The lowest BCUT2D eigenvalue weighted by Gasteiger charge is -2.44. The fraction of sp³-hybridized carbons (Fsp3) is 1.00. The molecule has 2 fully saturated rings. The van der Waals surface area contributed by atoms with Gasteiger partial charge in [0, 0.05) is 6.54 Å². The summed E-state index contributed by atoms with van der Waals surface area (Å²) < 4.78 is 0. The molecule has 0 amide bonds. The molecule has 0 N–H and O–H groups in total. The highest BCUT2D eigenvalue weighted by molar-refractivity contribution is 4.96. The van der Waals surface area contributed by atoms with Crippen LogP contribution in [0.25, 0.3) is 0 Å². The van der Waals surface area contributed by atoms with Gasteiger partial charge in [-0.05, 0) is 49.6 Å². The summed E-state index contributed by atoms with van der Waals surface area (Å²) in [6.07, 6.45) is 8.72. The summed E-state index contributed by atoms with van der Waals surface area (Å²) in [5, 5.41) is 0. The maximum Gasteiger partial charge on any atom is 0.00430 e. The van der Waals surface area contributed by atoms with Crippen molar-refractivity contribution in [1.29, 1.82) is 0 Å². The quantitative estimate of drug-likeness (QED) is 0.670. The zero-order chi connectivity index (χ0) is 10.9. The number of hydrogen-bond donors (Lipinski definition) is 0. The second kappa shape index (κ2) is 4.08. The molecule has 0 atom stereocenters. The monoisotopic (exact) mass is 209 g/mol. The molecule has 15 heavy (non-hydrogen) atoms. The maximum absolute atomic E-state index is 2.72. The van der Waals surface area contributed by atoms with E-state index in [2.05, 4.69) is 25.7 Å². The third-order valence-electron chi connectivity index (χ3n) is 4.88. The van der Waals surface area contributed by atoms with E-state index in [0.717, 1.165) is 0 Å². The van der Waals surface area contributed by atoms with Crippen LogP contribution in [0.5, 0.6) is 0 Å². The van der Waals surface area contributed by atoms with Crippen LogP contribution in [-0.4, -0.2) is 24.5 Å². The van der Waals surface area contributed by atoms with Gasteiger partial charge in [-0.15, -0.1) is 0 Å². The van der Waals surface area contributed by atoms with Gasteiger partial charge in [0.05, 0.1) is 0 Å². The second-order valence-electron chi connectivity index (χ2n) is 6.72. The van der Waals surface area contributed by atoms with E-state index in [9.17, 15) is 0 Å². The van der Waals surface area contributed by atoms with E-state index in [1.165, 1.54) is 58.2 Å². The number of nitrogens with zero attached hydrogens (tertiary/aromatic N) is 1. The standard InChI is InChI=1S/C14H27N/c1-13(2,3)14(8-4-5-9-14)12-15-10-6-7-11-15/h4-12H2,1-3H3. The molecule has 2 aliphatic rings. The summed E-state index contributed by atoms with van der Waals surface area (Å²) in [4.78, 5) is 2.72. The van der Waals surface area contributed by atoms with Gasteiger partial charge in [-0.2, -0.15) is 0 Å². The summed E-state index contributed by atoms with van der Waals surface area (Å²) in [6, 6.07) is 0. The Morgan fingerprint density at radius 1 is 0.933 bits per heavy atom. The Morgan fingerprint density at radius 2 is 1.47 bits per heavy atom. The fourth-order valence-corrected chi connectivity index (χ4v) is 3.57. The van der Waals surface area contributed by atoms with Crippen LogP contribution in [0.1, 0.15) is 59.3 Å². The highest BCUT2D eigenvalue weighted by Gasteiger charge is 2.44. The molecule has 0 unspecified atom stereocenters. The van der Waals surface area contributed by atoms with Crippen molar-refractivity contribution in [2.45, 2.75) is 59.3 Å². The minimum atomic E-state index is 0.492. The largest absolute Gasteiger partial charge is 0.303 e. The average molecular weight is 209 g/mol. The maximum atomic E-state index is 2.72. The van der Waals surface area contributed by atoms with E-state index < -0.39 is 0 Å². The van der Waals surface area contributed by atoms with Crippen LogP contribution in [0, 0.1) is 10.8 Å². The first-order valence-corrected chi connectivity index (χ1v) is 6.76. The number of likely N-dealkylation sites (tertiary alicyclic amines) is 1. The van der Waals surface area contributed by atoms with E-state index in [4.69, 9.17) is 0 Å². The van der Waals surface area contributed by atoms with Crippen molar-refractivity contribution in [2.75, 3.05) is 19.6 Å². The molecule has 1 aliphatic heterocycles. The van der Waals surface area contributed by atoms with Crippen LogP contribution in [-0.2, 0) is 0 Å². The Morgan fingerprint density at radius 3 is 1.93 bits per heavy atom. The van der Waals surface area contributed by atoms with Gasteiger partial charge in [-0.25, -0.2) is 0 Å². The van der Waals surface area contributed by atoms with Crippen LogP contribution in [0.2, 0.25) is 0 Å². The Kier molecular flexibility index (Phi) is 3.12. The molecule has 2 rings (SSSR count). The smallest absolute Gasteiger partial charge is 0.00430 e. The third-order valence-corrected chi connectivity index (χ3v) is 4.88. The zero-order valence-corrected chi connectivity index (χ0v) is 10.8. The SMILES string of the molecule is CC(C)(C)C1(CN2CCCC2)CCCC1. The molecule has 0 aromatic rings. The predicted octanol–water partition coefficient (Wildman–Crippen LogP) is 3.69. The number of rotatable bonds is 2. The van der Waals surface area contributed by atoms with Crippen molar-refractivity contribution in [1.82, 2.24) is 4.90 Å². The van der Waals surface area contributed by atoms with Gasteiger partial charge < -0.3 is 4.90 Å². The molecule has 1 aliphatic carbocycles. The summed E-state index contributed by atoms with van der Waals surface area (Å²) in [5.41, 5.74) is 1.11. The molecular weight excluding hydrogens is 182 g/mol. The van der Waals surface area contributed by atoms with Crippen molar-refractivity contribution in [3.8, 4) is 0 Å². The van der Waals surface area contributed by atoms with Crippen LogP contribution in [0.3, 0.4) is 0 Å².